The van der Waals surface area contributed by atoms with Crippen LogP contribution in [0, 0.1) is 0 Å². The molecule has 0 spiro atoms. The summed E-state index contributed by atoms with van der Waals surface area (Å²) in [5.41, 5.74) is 5.85. The number of hydrogen-bond donors (Lipinski definition) is 1. The van der Waals surface area contributed by atoms with Crippen LogP contribution >= 0.6 is 11.5 Å². The van der Waals surface area contributed by atoms with Crippen molar-refractivity contribution < 1.29 is 8.42 Å². The monoisotopic (exact) mass is 330 g/mol. The predicted octanol–water partition coefficient (Wildman–Crippen LogP) is 1.19. The minimum atomic E-state index is -3.34. The molecule has 2 fully saturated rings. The number of nitrogen functional groups attached to an aromatic ring is 1. The molecule has 3 rings (SSSR count). The molecule has 2 N–H and O–H groups in total. The van der Waals surface area contributed by atoms with Crippen LogP contribution in [0.3, 0.4) is 0 Å². The summed E-state index contributed by atoms with van der Waals surface area (Å²) >= 11 is 1.22. The molecule has 6 nitrogen and oxygen atoms in total. The smallest absolute Gasteiger partial charge is 0.184 e. The first kappa shape index (κ1) is 15.1. The van der Waals surface area contributed by atoms with Crippen LogP contribution in [-0.4, -0.2) is 55.2 Å². The highest BCUT2D eigenvalue weighted by Crippen LogP contribution is 2.39. The minimum Gasteiger partial charge on any atom is -0.382 e. The third-order valence-electron chi connectivity index (χ3n) is 4.55. The molecule has 0 amide bonds. The molecule has 21 heavy (non-hydrogen) atoms. The molecule has 0 bridgehead atoms. The molecule has 0 aromatic carbocycles. The van der Waals surface area contributed by atoms with E-state index in [-0.39, 0.29) is 22.5 Å². The van der Waals surface area contributed by atoms with Crippen LogP contribution < -0.4 is 10.6 Å². The Morgan fingerprint density at radius 2 is 2.19 bits per heavy atom. The van der Waals surface area contributed by atoms with Crippen molar-refractivity contribution in [3.8, 4) is 0 Å². The lowest BCUT2D eigenvalue weighted by Crippen LogP contribution is -2.55. The number of sulfone groups is 1. The van der Waals surface area contributed by atoms with Gasteiger partial charge in [0.2, 0.25) is 0 Å². The molecule has 0 radical (unpaired) electrons. The standard InChI is InChI=1S/C13H22N4O2S2/c1-3-21(18,19)11-12(14)15-20-13(11)17-8-10-5-4-6-16(10)7-9(17)2/h9-10H,3-8H2,1-2H3,(H2,14,15). The van der Waals surface area contributed by atoms with Crippen LogP contribution in [0.4, 0.5) is 10.8 Å². The number of aromatic nitrogens is 1. The van der Waals surface area contributed by atoms with E-state index < -0.39 is 9.84 Å². The number of anilines is 2. The maximum Gasteiger partial charge on any atom is 0.184 e. The van der Waals surface area contributed by atoms with Gasteiger partial charge in [-0.3, -0.25) is 4.90 Å². The third kappa shape index (κ3) is 2.53. The van der Waals surface area contributed by atoms with Gasteiger partial charge in [-0.2, -0.15) is 4.37 Å². The highest BCUT2D eigenvalue weighted by molar-refractivity contribution is 7.91. The molecule has 0 aliphatic carbocycles. The molecular formula is C13H22N4O2S2. The Morgan fingerprint density at radius 1 is 1.43 bits per heavy atom. The van der Waals surface area contributed by atoms with Gasteiger partial charge in [0.25, 0.3) is 0 Å². The molecule has 2 aliphatic heterocycles. The van der Waals surface area contributed by atoms with Crippen molar-refractivity contribution in [3.63, 3.8) is 0 Å². The fourth-order valence-electron chi connectivity index (χ4n) is 3.37. The van der Waals surface area contributed by atoms with Gasteiger partial charge in [0.05, 0.1) is 5.75 Å². The summed E-state index contributed by atoms with van der Waals surface area (Å²) in [6, 6.07) is 0.812. The molecule has 2 saturated heterocycles. The zero-order valence-electron chi connectivity index (χ0n) is 12.4. The highest BCUT2D eigenvalue weighted by atomic mass is 32.2. The van der Waals surface area contributed by atoms with E-state index in [0.29, 0.717) is 6.04 Å². The number of nitrogens with two attached hydrogens (primary N) is 1. The second kappa shape index (κ2) is 5.40. The largest absolute Gasteiger partial charge is 0.382 e. The molecule has 2 atom stereocenters. The van der Waals surface area contributed by atoms with Crippen molar-refractivity contribution in [2.24, 2.45) is 0 Å². The van der Waals surface area contributed by atoms with Crippen molar-refractivity contribution in [2.45, 2.75) is 43.7 Å². The van der Waals surface area contributed by atoms with Gasteiger partial charge in [0.1, 0.15) is 9.90 Å². The first-order chi connectivity index (χ1) is 9.94. The molecule has 2 aliphatic rings. The number of nitrogens with zero attached hydrogens (tertiary/aromatic N) is 3. The zero-order valence-corrected chi connectivity index (χ0v) is 14.1. The summed E-state index contributed by atoms with van der Waals surface area (Å²) in [5.74, 6) is 0.207. The van der Waals surface area contributed by atoms with Crippen LogP contribution in [0.15, 0.2) is 4.90 Å². The molecule has 2 unspecified atom stereocenters. The van der Waals surface area contributed by atoms with Crippen molar-refractivity contribution >= 4 is 32.2 Å². The minimum absolute atomic E-state index is 0.0559. The van der Waals surface area contributed by atoms with Crippen molar-refractivity contribution in [1.82, 2.24) is 9.27 Å². The Labute approximate surface area is 130 Å². The maximum atomic E-state index is 12.3. The summed E-state index contributed by atoms with van der Waals surface area (Å²) in [4.78, 5) is 4.95. The Bertz CT molecular complexity index is 628. The fraction of sp³-hybridized carbons (Fsp3) is 0.769. The summed E-state index contributed by atoms with van der Waals surface area (Å²) in [6.45, 7) is 6.80. The van der Waals surface area contributed by atoms with Gasteiger partial charge in [0, 0.05) is 25.2 Å². The van der Waals surface area contributed by atoms with E-state index in [2.05, 4.69) is 21.1 Å². The van der Waals surface area contributed by atoms with Crippen LogP contribution in [0.1, 0.15) is 26.7 Å². The van der Waals surface area contributed by atoms with Crippen molar-refractivity contribution in [1.29, 1.82) is 0 Å². The number of rotatable bonds is 3. The number of hydrogen-bond acceptors (Lipinski definition) is 7. The Balaban J connectivity index is 1.97. The van der Waals surface area contributed by atoms with E-state index >= 15 is 0 Å². The normalized spacial score (nSPS) is 27.0. The van der Waals surface area contributed by atoms with Crippen molar-refractivity contribution in [2.75, 3.05) is 36.0 Å². The molecular weight excluding hydrogens is 308 g/mol. The average molecular weight is 330 g/mol. The van der Waals surface area contributed by atoms with Gasteiger partial charge in [-0.15, -0.1) is 0 Å². The van der Waals surface area contributed by atoms with Crippen LogP contribution in [-0.2, 0) is 9.84 Å². The molecule has 1 aromatic rings. The molecule has 118 valence electrons. The average Bonchev–Trinajstić information content (AvgIpc) is 3.03. The number of fused-ring (bicyclic) bond motifs is 1. The second-order valence-electron chi connectivity index (χ2n) is 5.90. The van der Waals surface area contributed by atoms with Gasteiger partial charge in [-0.25, -0.2) is 8.42 Å². The quantitative estimate of drug-likeness (QED) is 0.897. The van der Waals surface area contributed by atoms with Gasteiger partial charge < -0.3 is 10.6 Å². The fourth-order valence-corrected chi connectivity index (χ4v) is 5.78. The van der Waals surface area contributed by atoms with E-state index in [4.69, 9.17) is 5.73 Å². The van der Waals surface area contributed by atoms with E-state index in [9.17, 15) is 8.42 Å². The molecule has 3 heterocycles. The van der Waals surface area contributed by atoms with Crippen LogP contribution in [0.2, 0.25) is 0 Å². The van der Waals surface area contributed by atoms with Gasteiger partial charge >= 0.3 is 0 Å². The van der Waals surface area contributed by atoms with Crippen LogP contribution in [0.5, 0.6) is 0 Å². The molecule has 0 saturated carbocycles. The summed E-state index contributed by atoms with van der Waals surface area (Å²) in [7, 11) is -3.34. The molecule has 1 aromatic heterocycles. The first-order valence-electron chi connectivity index (χ1n) is 7.42. The lowest BCUT2D eigenvalue weighted by atomic mass is 10.1. The maximum absolute atomic E-state index is 12.3. The number of piperazine rings is 1. The predicted molar refractivity (Wildman–Crippen MR) is 85.7 cm³/mol. The highest BCUT2D eigenvalue weighted by Gasteiger charge is 2.38. The second-order valence-corrected chi connectivity index (χ2v) is 8.86. The van der Waals surface area contributed by atoms with Gasteiger partial charge in [0.15, 0.2) is 15.7 Å². The first-order valence-corrected chi connectivity index (χ1v) is 9.85. The molecule has 8 heteroatoms. The Morgan fingerprint density at radius 3 is 2.90 bits per heavy atom. The van der Waals surface area contributed by atoms with Gasteiger partial charge in [-0.1, -0.05) is 6.92 Å². The summed E-state index contributed by atoms with van der Waals surface area (Å²) in [5, 5.41) is 0.730. The summed E-state index contributed by atoms with van der Waals surface area (Å²) < 4.78 is 28.8. The summed E-state index contributed by atoms with van der Waals surface area (Å²) in [6.07, 6.45) is 2.42. The van der Waals surface area contributed by atoms with Gasteiger partial charge in [-0.05, 0) is 37.8 Å². The topological polar surface area (TPSA) is 79.5 Å². The Kier molecular flexibility index (Phi) is 3.87. The van der Waals surface area contributed by atoms with Crippen LogP contribution in [0.25, 0.3) is 0 Å². The third-order valence-corrected chi connectivity index (χ3v) is 7.36. The SMILES string of the molecule is CCS(=O)(=O)c1c(N)nsc1N1CC2CCCN2CC1C. The van der Waals surface area contributed by atoms with E-state index in [1.165, 1.54) is 24.4 Å². The van der Waals surface area contributed by atoms with E-state index in [1.54, 1.807) is 6.92 Å². The zero-order chi connectivity index (χ0) is 15.2. The Hall–Kier alpha value is -0.860. The van der Waals surface area contributed by atoms with E-state index in [1.807, 2.05) is 0 Å². The van der Waals surface area contributed by atoms with E-state index in [0.717, 1.165) is 24.6 Å². The van der Waals surface area contributed by atoms with Crippen molar-refractivity contribution in [3.05, 3.63) is 0 Å². The lowest BCUT2D eigenvalue weighted by molar-refractivity contribution is 0.203. The lowest BCUT2D eigenvalue weighted by Gasteiger charge is -2.43.